The zero-order valence-corrected chi connectivity index (χ0v) is 6.76. The number of isocyanates is 1. The van der Waals surface area contributed by atoms with Gasteiger partial charge in [0.15, 0.2) is 0 Å². The lowest BCUT2D eigenvalue weighted by Gasteiger charge is -2.08. The lowest BCUT2D eigenvalue weighted by atomic mass is 9.98. The maximum absolute atomic E-state index is 9.98. The molecule has 0 atom stereocenters. The Morgan fingerprint density at radius 3 is 3.00 bits per heavy atom. The van der Waals surface area contributed by atoms with Crippen molar-refractivity contribution in [2.75, 3.05) is 0 Å². The van der Waals surface area contributed by atoms with Gasteiger partial charge in [0.2, 0.25) is 6.08 Å². The SMILES string of the molecule is O=C=Nc1cc2c([nH]1)CCCC2. The van der Waals surface area contributed by atoms with Gasteiger partial charge in [0.25, 0.3) is 0 Å². The monoisotopic (exact) mass is 162 g/mol. The van der Waals surface area contributed by atoms with Crippen LogP contribution in [0.3, 0.4) is 0 Å². The van der Waals surface area contributed by atoms with E-state index in [0.29, 0.717) is 5.82 Å². The summed E-state index contributed by atoms with van der Waals surface area (Å²) in [6.07, 6.45) is 6.21. The van der Waals surface area contributed by atoms with Crippen LogP contribution in [0.1, 0.15) is 24.1 Å². The van der Waals surface area contributed by atoms with Crippen molar-refractivity contribution < 1.29 is 4.79 Å². The third kappa shape index (κ3) is 1.19. The number of carbonyl (C=O) groups excluding carboxylic acids is 1. The van der Waals surface area contributed by atoms with E-state index >= 15 is 0 Å². The first-order valence-corrected chi connectivity index (χ1v) is 4.19. The number of hydrogen-bond acceptors (Lipinski definition) is 2. The first-order chi connectivity index (χ1) is 5.90. The minimum Gasteiger partial charge on any atom is -0.343 e. The number of aliphatic imine (C=N–C) groups is 1. The topological polar surface area (TPSA) is 45.2 Å². The van der Waals surface area contributed by atoms with E-state index in [0.717, 1.165) is 12.8 Å². The summed E-state index contributed by atoms with van der Waals surface area (Å²) in [5, 5.41) is 0. The van der Waals surface area contributed by atoms with Crippen molar-refractivity contribution in [2.24, 2.45) is 4.99 Å². The number of aryl methyl sites for hydroxylation is 2. The first-order valence-electron chi connectivity index (χ1n) is 4.19. The molecule has 1 N–H and O–H groups in total. The van der Waals surface area contributed by atoms with Gasteiger partial charge < -0.3 is 4.98 Å². The van der Waals surface area contributed by atoms with Crippen LogP contribution in [-0.4, -0.2) is 11.1 Å². The molecule has 0 radical (unpaired) electrons. The van der Waals surface area contributed by atoms with E-state index in [4.69, 9.17) is 0 Å². The van der Waals surface area contributed by atoms with Crippen LogP contribution in [0.4, 0.5) is 5.82 Å². The first kappa shape index (κ1) is 7.32. The number of aromatic amines is 1. The Hall–Kier alpha value is -1.34. The maximum atomic E-state index is 9.98. The summed E-state index contributed by atoms with van der Waals surface area (Å²) in [4.78, 5) is 16.6. The number of nitrogens with zero attached hydrogens (tertiary/aromatic N) is 1. The molecule has 0 bridgehead atoms. The highest BCUT2D eigenvalue weighted by Gasteiger charge is 2.11. The lowest BCUT2D eigenvalue weighted by Crippen LogP contribution is -1.99. The molecule has 2 rings (SSSR count). The van der Waals surface area contributed by atoms with Crippen LogP contribution in [0, 0.1) is 0 Å². The van der Waals surface area contributed by atoms with Gasteiger partial charge in [-0.2, -0.15) is 0 Å². The molecule has 0 aliphatic heterocycles. The molecule has 1 aliphatic carbocycles. The van der Waals surface area contributed by atoms with Crippen molar-refractivity contribution in [1.29, 1.82) is 0 Å². The van der Waals surface area contributed by atoms with Gasteiger partial charge in [-0.3, -0.25) is 0 Å². The summed E-state index contributed by atoms with van der Waals surface area (Å²) < 4.78 is 0. The fourth-order valence-electron chi connectivity index (χ4n) is 1.70. The molecular formula is C9H10N2O. The summed E-state index contributed by atoms with van der Waals surface area (Å²) >= 11 is 0. The molecule has 1 aromatic heterocycles. The van der Waals surface area contributed by atoms with Gasteiger partial charge in [-0.25, -0.2) is 4.79 Å². The molecule has 1 aliphatic rings. The number of fused-ring (bicyclic) bond motifs is 1. The number of hydrogen-bond donors (Lipinski definition) is 1. The molecule has 3 heteroatoms. The van der Waals surface area contributed by atoms with E-state index in [1.807, 2.05) is 6.07 Å². The molecule has 0 aromatic carbocycles. The standard InChI is InChI=1S/C9H10N2O/c12-6-10-9-5-7-3-1-2-4-8(7)11-9/h5,11H,1-4H2. The van der Waals surface area contributed by atoms with Crippen LogP contribution in [-0.2, 0) is 17.6 Å². The molecule has 12 heavy (non-hydrogen) atoms. The Balaban J connectivity index is 2.37. The van der Waals surface area contributed by atoms with Gasteiger partial charge in [-0.1, -0.05) is 0 Å². The lowest BCUT2D eigenvalue weighted by molar-refractivity contribution is 0.565. The molecule has 0 spiro atoms. The quantitative estimate of drug-likeness (QED) is 0.497. The van der Waals surface area contributed by atoms with Crippen molar-refractivity contribution in [3.63, 3.8) is 0 Å². The van der Waals surface area contributed by atoms with Crippen LogP contribution in [0.25, 0.3) is 0 Å². The average Bonchev–Trinajstić information content (AvgIpc) is 2.47. The molecule has 1 aromatic rings. The minimum atomic E-state index is 0.650. The number of nitrogens with one attached hydrogen (secondary N) is 1. The van der Waals surface area contributed by atoms with E-state index in [9.17, 15) is 4.79 Å². The molecule has 0 saturated heterocycles. The second kappa shape index (κ2) is 2.95. The smallest absolute Gasteiger partial charge is 0.242 e. The van der Waals surface area contributed by atoms with E-state index < -0.39 is 0 Å². The van der Waals surface area contributed by atoms with Crippen LogP contribution in [0.15, 0.2) is 11.1 Å². The van der Waals surface area contributed by atoms with E-state index in [1.54, 1.807) is 0 Å². The normalized spacial score (nSPS) is 15.0. The fourth-order valence-corrected chi connectivity index (χ4v) is 1.70. The van der Waals surface area contributed by atoms with Crippen LogP contribution < -0.4 is 0 Å². The fraction of sp³-hybridized carbons (Fsp3) is 0.444. The number of rotatable bonds is 1. The molecule has 0 unspecified atom stereocenters. The molecule has 1 heterocycles. The predicted octanol–water partition coefficient (Wildman–Crippen LogP) is 1.86. The molecule has 0 saturated carbocycles. The largest absolute Gasteiger partial charge is 0.343 e. The Morgan fingerprint density at radius 1 is 1.42 bits per heavy atom. The van der Waals surface area contributed by atoms with Crippen molar-refractivity contribution in [1.82, 2.24) is 4.98 Å². The van der Waals surface area contributed by atoms with Crippen molar-refractivity contribution in [3.05, 3.63) is 17.3 Å². The third-order valence-electron chi connectivity index (χ3n) is 2.27. The zero-order chi connectivity index (χ0) is 8.39. The molecule has 3 nitrogen and oxygen atoms in total. The van der Waals surface area contributed by atoms with E-state index in [1.165, 1.54) is 30.2 Å². The Labute approximate surface area is 70.5 Å². The highest BCUT2D eigenvalue weighted by atomic mass is 16.1. The third-order valence-corrected chi connectivity index (χ3v) is 2.27. The number of H-pyrrole nitrogens is 1. The van der Waals surface area contributed by atoms with Crippen molar-refractivity contribution in [3.8, 4) is 0 Å². The molecular weight excluding hydrogens is 152 g/mol. The van der Waals surface area contributed by atoms with E-state index in [-0.39, 0.29) is 0 Å². The summed E-state index contributed by atoms with van der Waals surface area (Å²) in [6.45, 7) is 0. The highest BCUT2D eigenvalue weighted by molar-refractivity contribution is 5.48. The molecule has 62 valence electrons. The summed E-state index contributed by atoms with van der Waals surface area (Å²) in [5.41, 5.74) is 2.56. The van der Waals surface area contributed by atoms with Gasteiger partial charge in [0.1, 0.15) is 5.82 Å². The van der Waals surface area contributed by atoms with Crippen LogP contribution in [0.2, 0.25) is 0 Å². The van der Waals surface area contributed by atoms with Gasteiger partial charge in [0.05, 0.1) is 0 Å². The predicted molar refractivity (Wildman–Crippen MR) is 45.2 cm³/mol. The Morgan fingerprint density at radius 2 is 2.25 bits per heavy atom. The average molecular weight is 162 g/mol. The van der Waals surface area contributed by atoms with E-state index in [2.05, 4.69) is 9.98 Å². The van der Waals surface area contributed by atoms with Gasteiger partial charge >= 0.3 is 0 Å². The number of aromatic nitrogens is 1. The Bertz CT molecular complexity index is 311. The zero-order valence-electron chi connectivity index (χ0n) is 6.76. The van der Waals surface area contributed by atoms with Gasteiger partial charge in [-0.05, 0) is 37.3 Å². The van der Waals surface area contributed by atoms with Crippen molar-refractivity contribution >= 4 is 11.9 Å². The summed E-state index contributed by atoms with van der Waals surface area (Å²) in [7, 11) is 0. The summed E-state index contributed by atoms with van der Waals surface area (Å²) in [5.74, 6) is 0.650. The molecule has 0 amide bonds. The van der Waals surface area contributed by atoms with Crippen molar-refractivity contribution in [2.45, 2.75) is 25.7 Å². The minimum absolute atomic E-state index is 0.650. The molecule has 0 fully saturated rings. The summed E-state index contributed by atoms with van der Waals surface area (Å²) in [6, 6.07) is 1.94. The highest BCUT2D eigenvalue weighted by Crippen LogP contribution is 2.24. The van der Waals surface area contributed by atoms with Gasteiger partial charge in [0, 0.05) is 5.69 Å². The maximum Gasteiger partial charge on any atom is 0.242 e. The second-order valence-corrected chi connectivity index (χ2v) is 3.07. The Kier molecular flexibility index (Phi) is 1.80. The van der Waals surface area contributed by atoms with Gasteiger partial charge in [-0.15, -0.1) is 4.99 Å². The van der Waals surface area contributed by atoms with Crippen LogP contribution in [0.5, 0.6) is 0 Å². The second-order valence-electron chi connectivity index (χ2n) is 3.07. The van der Waals surface area contributed by atoms with Crippen LogP contribution >= 0.6 is 0 Å².